The van der Waals surface area contributed by atoms with Crippen molar-refractivity contribution in [2.45, 2.75) is 13.3 Å². The zero-order valence-corrected chi connectivity index (χ0v) is 8.27. The van der Waals surface area contributed by atoms with Crippen LogP contribution < -0.4 is 0 Å². The maximum atomic E-state index is 12.0. The van der Waals surface area contributed by atoms with Gasteiger partial charge >= 0.3 is 0 Å². The summed E-state index contributed by atoms with van der Waals surface area (Å²) in [5.74, 6) is 1.30. The standard InChI is InChI=1S/C11H9N3O/c1-7-12-10-6-8-4-2-3-5-9(8)11(15)14(10)13-7/h2-5H,6H2,1H3. The Bertz CT molecular complexity index is 557. The number of carbonyl (C=O) groups is 1. The van der Waals surface area contributed by atoms with Crippen LogP contribution in [-0.2, 0) is 6.42 Å². The summed E-state index contributed by atoms with van der Waals surface area (Å²) < 4.78 is 1.40. The van der Waals surface area contributed by atoms with Crippen LogP contribution >= 0.6 is 0 Å². The number of fused-ring (bicyclic) bond motifs is 2. The fourth-order valence-corrected chi connectivity index (χ4v) is 1.90. The number of hydrogen-bond acceptors (Lipinski definition) is 3. The Labute approximate surface area is 86.6 Å². The largest absolute Gasteiger partial charge is 0.280 e. The Kier molecular flexibility index (Phi) is 1.54. The highest BCUT2D eigenvalue weighted by Gasteiger charge is 2.24. The summed E-state index contributed by atoms with van der Waals surface area (Å²) in [6.07, 6.45) is 0.683. The number of rotatable bonds is 0. The minimum Gasteiger partial charge on any atom is -0.267 e. The molecule has 4 nitrogen and oxygen atoms in total. The molecule has 0 N–H and O–H groups in total. The minimum atomic E-state index is -0.0764. The highest BCUT2D eigenvalue weighted by molar-refractivity contribution is 5.98. The van der Waals surface area contributed by atoms with Gasteiger partial charge in [0.15, 0.2) is 0 Å². The molecule has 15 heavy (non-hydrogen) atoms. The summed E-state index contributed by atoms with van der Waals surface area (Å²) in [6.45, 7) is 1.79. The molecule has 0 amide bonds. The fraction of sp³-hybridized carbons (Fsp3) is 0.182. The second-order valence-electron chi connectivity index (χ2n) is 3.63. The molecule has 4 heteroatoms. The number of carbonyl (C=O) groups excluding carboxylic acids is 1. The molecule has 0 saturated carbocycles. The molecule has 1 aliphatic heterocycles. The lowest BCUT2D eigenvalue weighted by atomic mass is 10.0. The van der Waals surface area contributed by atoms with Gasteiger partial charge in [-0.05, 0) is 18.6 Å². The zero-order chi connectivity index (χ0) is 10.4. The molecule has 0 radical (unpaired) electrons. The van der Waals surface area contributed by atoms with Gasteiger partial charge in [-0.1, -0.05) is 18.2 Å². The van der Waals surface area contributed by atoms with Crippen molar-refractivity contribution in [2.75, 3.05) is 0 Å². The van der Waals surface area contributed by atoms with Crippen molar-refractivity contribution in [3.63, 3.8) is 0 Å². The normalized spacial score (nSPS) is 13.5. The maximum absolute atomic E-state index is 12.0. The third kappa shape index (κ3) is 1.11. The van der Waals surface area contributed by atoms with E-state index in [2.05, 4.69) is 10.1 Å². The van der Waals surface area contributed by atoms with Gasteiger partial charge in [0, 0.05) is 12.0 Å². The van der Waals surface area contributed by atoms with Crippen molar-refractivity contribution in [3.8, 4) is 0 Å². The Balaban J connectivity index is 2.23. The lowest BCUT2D eigenvalue weighted by Crippen LogP contribution is -2.23. The monoisotopic (exact) mass is 199 g/mol. The van der Waals surface area contributed by atoms with Crippen LogP contribution in [0.5, 0.6) is 0 Å². The summed E-state index contributed by atoms with van der Waals surface area (Å²) in [4.78, 5) is 16.2. The molecule has 74 valence electrons. The van der Waals surface area contributed by atoms with E-state index >= 15 is 0 Å². The lowest BCUT2D eigenvalue weighted by molar-refractivity contribution is 0.0935. The number of aromatic nitrogens is 3. The van der Waals surface area contributed by atoms with Crippen LogP contribution in [0, 0.1) is 6.92 Å². The first-order valence-corrected chi connectivity index (χ1v) is 4.81. The molecule has 2 aromatic rings. The average Bonchev–Trinajstić information content (AvgIpc) is 2.59. The molecule has 0 fully saturated rings. The molecule has 0 bridgehead atoms. The van der Waals surface area contributed by atoms with Crippen molar-refractivity contribution < 1.29 is 4.79 Å². The molecular formula is C11H9N3O. The van der Waals surface area contributed by atoms with Crippen LogP contribution in [0.1, 0.15) is 27.6 Å². The second kappa shape index (κ2) is 2.76. The summed E-state index contributed by atoms with van der Waals surface area (Å²) in [5.41, 5.74) is 1.76. The molecule has 2 heterocycles. The number of aryl methyl sites for hydroxylation is 1. The molecule has 0 aliphatic carbocycles. The first-order chi connectivity index (χ1) is 7.25. The van der Waals surface area contributed by atoms with Crippen molar-refractivity contribution in [1.82, 2.24) is 14.8 Å². The predicted molar refractivity (Wildman–Crippen MR) is 53.7 cm³/mol. The maximum Gasteiger partial charge on any atom is 0.280 e. The third-order valence-electron chi connectivity index (χ3n) is 2.57. The van der Waals surface area contributed by atoms with Crippen molar-refractivity contribution in [3.05, 3.63) is 47.0 Å². The van der Waals surface area contributed by atoms with E-state index in [4.69, 9.17) is 0 Å². The number of hydrogen-bond donors (Lipinski definition) is 0. The molecule has 0 saturated heterocycles. The SMILES string of the molecule is Cc1nc2n(n1)C(=O)c1ccccc1C2. The molecule has 3 rings (SSSR count). The first kappa shape index (κ1) is 8.35. The molecule has 1 aromatic carbocycles. The fourth-order valence-electron chi connectivity index (χ4n) is 1.90. The predicted octanol–water partition coefficient (Wildman–Crippen LogP) is 1.18. The Morgan fingerprint density at radius 1 is 1.33 bits per heavy atom. The Morgan fingerprint density at radius 3 is 3.00 bits per heavy atom. The number of nitrogens with zero attached hydrogens (tertiary/aromatic N) is 3. The average molecular weight is 199 g/mol. The molecule has 0 atom stereocenters. The van der Waals surface area contributed by atoms with E-state index in [-0.39, 0.29) is 5.91 Å². The summed E-state index contributed by atoms with van der Waals surface area (Å²) >= 11 is 0. The van der Waals surface area contributed by atoms with E-state index in [1.807, 2.05) is 24.3 Å². The highest BCUT2D eigenvalue weighted by atomic mass is 16.2. The van der Waals surface area contributed by atoms with Crippen molar-refractivity contribution in [1.29, 1.82) is 0 Å². The van der Waals surface area contributed by atoms with Crippen LogP contribution in [0.15, 0.2) is 24.3 Å². The Hall–Kier alpha value is -1.97. The van der Waals surface area contributed by atoms with Crippen molar-refractivity contribution >= 4 is 5.91 Å². The van der Waals surface area contributed by atoms with Gasteiger partial charge < -0.3 is 0 Å². The molecule has 0 unspecified atom stereocenters. The van der Waals surface area contributed by atoms with Crippen molar-refractivity contribution in [2.24, 2.45) is 0 Å². The minimum absolute atomic E-state index is 0.0764. The number of benzene rings is 1. The van der Waals surface area contributed by atoms with E-state index in [1.165, 1.54) is 4.68 Å². The third-order valence-corrected chi connectivity index (χ3v) is 2.57. The van der Waals surface area contributed by atoms with Gasteiger partial charge in [-0.15, -0.1) is 5.10 Å². The molecule has 0 spiro atoms. The zero-order valence-electron chi connectivity index (χ0n) is 8.27. The van der Waals surface area contributed by atoms with Gasteiger partial charge in [-0.25, -0.2) is 4.98 Å². The van der Waals surface area contributed by atoms with Crippen LogP contribution in [0.25, 0.3) is 0 Å². The topological polar surface area (TPSA) is 47.8 Å². The van der Waals surface area contributed by atoms with E-state index < -0.39 is 0 Å². The molecular weight excluding hydrogens is 190 g/mol. The van der Waals surface area contributed by atoms with Crippen LogP contribution in [-0.4, -0.2) is 20.7 Å². The van der Waals surface area contributed by atoms with E-state index in [0.717, 1.165) is 17.0 Å². The van der Waals surface area contributed by atoms with Gasteiger partial charge in [0.2, 0.25) is 0 Å². The van der Waals surface area contributed by atoms with Gasteiger partial charge in [0.25, 0.3) is 5.91 Å². The molecule has 1 aliphatic rings. The van der Waals surface area contributed by atoms with E-state index in [1.54, 1.807) is 6.92 Å². The summed E-state index contributed by atoms with van der Waals surface area (Å²) in [5, 5.41) is 4.09. The van der Waals surface area contributed by atoms with Gasteiger partial charge in [-0.2, -0.15) is 4.68 Å². The van der Waals surface area contributed by atoms with Crippen LogP contribution in [0.3, 0.4) is 0 Å². The quantitative estimate of drug-likeness (QED) is 0.546. The lowest BCUT2D eigenvalue weighted by Gasteiger charge is -2.14. The van der Waals surface area contributed by atoms with Crippen LogP contribution in [0.4, 0.5) is 0 Å². The molecule has 1 aromatic heterocycles. The van der Waals surface area contributed by atoms with Gasteiger partial charge in [0.05, 0.1) is 0 Å². The van der Waals surface area contributed by atoms with E-state index in [9.17, 15) is 4.79 Å². The smallest absolute Gasteiger partial charge is 0.267 e. The first-order valence-electron chi connectivity index (χ1n) is 4.81. The summed E-state index contributed by atoms with van der Waals surface area (Å²) in [6, 6.07) is 7.59. The van der Waals surface area contributed by atoms with Gasteiger partial charge in [0.1, 0.15) is 11.6 Å². The Morgan fingerprint density at radius 2 is 2.13 bits per heavy atom. The summed E-state index contributed by atoms with van der Waals surface area (Å²) in [7, 11) is 0. The van der Waals surface area contributed by atoms with E-state index in [0.29, 0.717) is 12.2 Å². The highest BCUT2D eigenvalue weighted by Crippen LogP contribution is 2.20. The van der Waals surface area contributed by atoms with Gasteiger partial charge in [-0.3, -0.25) is 4.79 Å². The van der Waals surface area contributed by atoms with Crippen LogP contribution in [0.2, 0.25) is 0 Å². The second-order valence-corrected chi connectivity index (χ2v) is 3.63.